The molecule has 9 heteroatoms. The van der Waals surface area contributed by atoms with E-state index in [4.69, 9.17) is 0 Å². The van der Waals surface area contributed by atoms with Gasteiger partial charge in [0.15, 0.2) is 0 Å². The SMILES string of the molecule is COC(=O)c1cc(CS(=O)(=O)NCC(F)F)c[nH]1. The maximum atomic E-state index is 11.9. The molecule has 1 aromatic rings. The number of hydrogen-bond acceptors (Lipinski definition) is 4. The minimum Gasteiger partial charge on any atom is -0.464 e. The maximum Gasteiger partial charge on any atom is 0.354 e. The van der Waals surface area contributed by atoms with Crippen LogP contribution < -0.4 is 4.72 Å². The first-order chi connectivity index (χ1) is 8.34. The Balaban J connectivity index is 2.67. The van der Waals surface area contributed by atoms with Gasteiger partial charge in [0.05, 0.1) is 19.4 Å². The van der Waals surface area contributed by atoms with Crippen molar-refractivity contribution in [2.45, 2.75) is 12.2 Å². The van der Waals surface area contributed by atoms with Gasteiger partial charge < -0.3 is 9.72 Å². The first-order valence-electron chi connectivity index (χ1n) is 4.85. The summed E-state index contributed by atoms with van der Waals surface area (Å²) in [7, 11) is -2.67. The van der Waals surface area contributed by atoms with Gasteiger partial charge in [-0.25, -0.2) is 26.7 Å². The summed E-state index contributed by atoms with van der Waals surface area (Å²) in [6, 6.07) is 1.29. The van der Waals surface area contributed by atoms with Gasteiger partial charge in [-0.2, -0.15) is 0 Å². The number of rotatable bonds is 6. The van der Waals surface area contributed by atoms with Crippen LogP contribution in [0.5, 0.6) is 0 Å². The van der Waals surface area contributed by atoms with Gasteiger partial charge >= 0.3 is 5.97 Å². The third kappa shape index (κ3) is 4.41. The Morgan fingerprint density at radius 2 is 2.22 bits per heavy atom. The number of nitrogens with one attached hydrogen (secondary N) is 2. The average Bonchev–Trinajstić information content (AvgIpc) is 2.73. The third-order valence-electron chi connectivity index (χ3n) is 1.96. The molecule has 102 valence electrons. The molecule has 0 fully saturated rings. The minimum absolute atomic E-state index is 0.0940. The molecule has 18 heavy (non-hydrogen) atoms. The van der Waals surface area contributed by atoms with Gasteiger partial charge in [0.25, 0.3) is 6.43 Å². The Kier molecular flexibility index (Phi) is 4.79. The highest BCUT2D eigenvalue weighted by Gasteiger charge is 2.16. The van der Waals surface area contributed by atoms with Crippen LogP contribution in [0.15, 0.2) is 12.3 Å². The first-order valence-corrected chi connectivity index (χ1v) is 6.50. The molecular formula is C9H12F2N2O4S. The molecule has 0 saturated carbocycles. The van der Waals surface area contributed by atoms with Crippen molar-refractivity contribution in [3.05, 3.63) is 23.5 Å². The van der Waals surface area contributed by atoms with Crippen molar-refractivity contribution in [2.75, 3.05) is 13.7 Å². The van der Waals surface area contributed by atoms with Gasteiger partial charge in [0, 0.05) is 6.20 Å². The van der Waals surface area contributed by atoms with Crippen molar-refractivity contribution in [1.82, 2.24) is 9.71 Å². The second kappa shape index (κ2) is 5.91. The van der Waals surface area contributed by atoms with Crippen molar-refractivity contribution < 1.29 is 26.7 Å². The first kappa shape index (κ1) is 14.6. The number of aromatic nitrogens is 1. The maximum absolute atomic E-state index is 11.9. The number of hydrogen-bond donors (Lipinski definition) is 2. The molecule has 0 atom stereocenters. The normalized spacial score (nSPS) is 11.8. The van der Waals surface area contributed by atoms with Crippen molar-refractivity contribution in [2.24, 2.45) is 0 Å². The molecule has 0 saturated heterocycles. The zero-order valence-corrected chi connectivity index (χ0v) is 10.3. The molecule has 0 bridgehead atoms. The quantitative estimate of drug-likeness (QED) is 0.743. The number of halogens is 2. The molecule has 2 N–H and O–H groups in total. The van der Waals surface area contributed by atoms with E-state index in [1.807, 2.05) is 0 Å². The third-order valence-corrected chi connectivity index (χ3v) is 3.28. The number of alkyl halides is 2. The summed E-state index contributed by atoms with van der Waals surface area (Å²) in [5.41, 5.74) is 0.369. The Labute approximate surface area is 102 Å². The smallest absolute Gasteiger partial charge is 0.354 e. The Morgan fingerprint density at radius 1 is 1.56 bits per heavy atom. The van der Waals surface area contributed by atoms with Crippen LogP contribution in [0.1, 0.15) is 16.1 Å². The fourth-order valence-corrected chi connectivity index (χ4v) is 2.30. The number of carbonyl (C=O) groups is 1. The summed E-state index contributed by atoms with van der Waals surface area (Å²) in [6.45, 7) is -0.934. The van der Waals surface area contributed by atoms with Gasteiger partial charge in [-0.3, -0.25) is 0 Å². The zero-order chi connectivity index (χ0) is 13.8. The van der Waals surface area contributed by atoms with E-state index in [-0.39, 0.29) is 11.3 Å². The molecule has 1 rings (SSSR count). The van der Waals surface area contributed by atoms with E-state index in [9.17, 15) is 22.0 Å². The Hall–Kier alpha value is -1.48. The summed E-state index contributed by atoms with van der Waals surface area (Å²) >= 11 is 0. The molecule has 0 spiro atoms. The summed E-state index contributed by atoms with van der Waals surface area (Å²) in [5.74, 6) is -1.13. The topological polar surface area (TPSA) is 88.3 Å². The molecule has 0 radical (unpaired) electrons. The van der Waals surface area contributed by atoms with E-state index in [1.165, 1.54) is 19.4 Å². The van der Waals surface area contributed by atoms with E-state index < -0.39 is 34.7 Å². The molecule has 0 amide bonds. The largest absolute Gasteiger partial charge is 0.464 e. The van der Waals surface area contributed by atoms with Crippen molar-refractivity contribution in [3.63, 3.8) is 0 Å². The zero-order valence-electron chi connectivity index (χ0n) is 9.44. The fourth-order valence-electron chi connectivity index (χ4n) is 1.21. The molecule has 1 aromatic heterocycles. The van der Waals surface area contributed by atoms with Crippen LogP contribution in [-0.2, 0) is 20.5 Å². The molecule has 0 aliphatic carbocycles. The summed E-state index contributed by atoms with van der Waals surface area (Å²) in [4.78, 5) is 13.6. The molecule has 6 nitrogen and oxygen atoms in total. The summed E-state index contributed by atoms with van der Waals surface area (Å²) in [5, 5.41) is 0. The molecular weight excluding hydrogens is 270 g/mol. The average molecular weight is 282 g/mol. The highest BCUT2D eigenvalue weighted by Crippen LogP contribution is 2.08. The predicted octanol–water partition coefficient (Wildman–Crippen LogP) is 0.486. The van der Waals surface area contributed by atoms with Gasteiger partial charge in [-0.1, -0.05) is 0 Å². The molecule has 1 heterocycles. The van der Waals surface area contributed by atoms with Gasteiger partial charge in [0.2, 0.25) is 10.0 Å². The van der Waals surface area contributed by atoms with Crippen LogP contribution in [0.2, 0.25) is 0 Å². The van der Waals surface area contributed by atoms with Crippen LogP contribution in [0.25, 0.3) is 0 Å². The van der Waals surface area contributed by atoms with E-state index in [1.54, 1.807) is 4.72 Å². The summed E-state index contributed by atoms with van der Waals surface area (Å²) < 4.78 is 52.7. The second-order valence-corrected chi connectivity index (χ2v) is 5.22. The van der Waals surface area contributed by atoms with Crippen LogP contribution >= 0.6 is 0 Å². The lowest BCUT2D eigenvalue weighted by molar-refractivity contribution is 0.0594. The fraction of sp³-hybridized carbons (Fsp3) is 0.444. The van der Waals surface area contributed by atoms with Crippen LogP contribution in [0.3, 0.4) is 0 Å². The van der Waals surface area contributed by atoms with Crippen molar-refractivity contribution in [1.29, 1.82) is 0 Å². The lowest BCUT2D eigenvalue weighted by Gasteiger charge is -2.04. The van der Waals surface area contributed by atoms with E-state index in [0.29, 0.717) is 0 Å². The Bertz CT molecular complexity index is 512. The van der Waals surface area contributed by atoms with Gasteiger partial charge in [0.1, 0.15) is 5.69 Å². The van der Waals surface area contributed by atoms with E-state index in [2.05, 4.69) is 9.72 Å². The van der Waals surface area contributed by atoms with E-state index >= 15 is 0 Å². The minimum atomic E-state index is -3.85. The number of aromatic amines is 1. The lowest BCUT2D eigenvalue weighted by atomic mass is 10.3. The summed E-state index contributed by atoms with van der Waals surface area (Å²) in [6.07, 6.45) is -1.45. The number of sulfonamides is 1. The number of H-pyrrole nitrogens is 1. The number of carbonyl (C=O) groups excluding carboxylic acids is 1. The number of methoxy groups -OCH3 is 1. The number of esters is 1. The predicted molar refractivity (Wildman–Crippen MR) is 58.8 cm³/mol. The standard InChI is InChI=1S/C9H12F2N2O4S/c1-17-9(14)7-2-6(3-12-7)5-18(15,16)13-4-8(10)11/h2-3,8,12-13H,4-5H2,1H3. The van der Waals surface area contributed by atoms with Crippen molar-refractivity contribution >= 4 is 16.0 Å². The van der Waals surface area contributed by atoms with Crippen LogP contribution in [0.4, 0.5) is 8.78 Å². The molecule has 0 aliphatic heterocycles. The molecule has 0 unspecified atom stereocenters. The highest BCUT2D eigenvalue weighted by molar-refractivity contribution is 7.88. The second-order valence-electron chi connectivity index (χ2n) is 3.41. The van der Waals surface area contributed by atoms with E-state index in [0.717, 1.165) is 0 Å². The van der Waals surface area contributed by atoms with Crippen molar-refractivity contribution in [3.8, 4) is 0 Å². The van der Waals surface area contributed by atoms with Crippen LogP contribution in [0, 0.1) is 0 Å². The monoisotopic (exact) mass is 282 g/mol. The van der Waals surface area contributed by atoms with Gasteiger partial charge in [-0.05, 0) is 11.6 Å². The van der Waals surface area contributed by atoms with Crippen LogP contribution in [-0.4, -0.2) is 39.5 Å². The number of ether oxygens (including phenoxy) is 1. The lowest BCUT2D eigenvalue weighted by Crippen LogP contribution is -2.29. The van der Waals surface area contributed by atoms with Gasteiger partial charge in [-0.15, -0.1) is 0 Å². The molecule has 0 aliphatic rings. The molecule has 0 aromatic carbocycles. The highest BCUT2D eigenvalue weighted by atomic mass is 32.2. The Morgan fingerprint density at radius 3 is 2.78 bits per heavy atom.